The first kappa shape index (κ1) is 17.8. The number of rotatable bonds is 4. The molecule has 0 atom stereocenters. The zero-order valence-corrected chi connectivity index (χ0v) is 16.7. The molecule has 1 N–H and O–H groups in total. The Morgan fingerprint density at radius 3 is 2.83 bits per heavy atom. The second-order valence-corrected chi connectivity index (χ2v) is 8.00. The second-order valence-electron chi connectivity index (χ2n) is 6.58. The van der Waals surface area contributed by atoms with Crippen molar-refractivity contribution < 1.29 is 4.79 Å². The number of anilines is 1. The molecule has 0 aliphatic carbocycles. The van der Waals surface area contributed by atoms with Crippen molar-refractivity contribution in [3.8, 4) is 0 Å². The lowest BCUT2D eigenvalue weighted by atomic mass is 10.1. The number of carbonyl (C=O) groups is 1. The second kappa shape index (κ2) is 7.31. The Balaban J connectivity index is 1.63. The summed E-state index contributed by atoms with van der Waals surface area (Å²) >= 11 is 7.77. The lowest BCUT2D eigenvalue weighted by Crippen LogP contribution is -2.30. The number of H-pyrrole nitrogens is 1. The van der Waals surface area contributed by atoms with Gasteiger partial charge in [0.1, 0.15) is 5.52 Å². The van der Waals surface area contributed by atoms with Crippen LogP contribution in [0.4, 0.5) is 5.13 Å². The standard InChI is InChI=1S/C22H15ClN4OS/c23-17-7-3-9-19-20(17)26-22(29-19)27(13-14-5-4-10-24-11-14)21(28)16-12-25-18-8-2-1-6-15(16)18/h1-12,25H,13H2. The molecule has 0 spiro atoms. The third-order valence-corrected chi connectivity index (χ3v) is 6.07. The molecule has 2 aromatic carbocycles. The van der Waals surface area contributed by atoms with Crippen LogP contribution in [-0.4, -0.2) is 20.9 Å². The molecule has 0 bridgehead atoms. The van der Waals surface area contributed by atoms with Crippen LogP contribution < -0.4 is 4.90 Å². The van der Waals surface area contributed by atoms with E-state index in [2.05, 4.69) is 15.0 Å². The lowest BCUT2D eigenvalue weighted by molar-refractivity contribution is 0.0986. The fourth-order valence-corrected chi connectivity index (χ4v) is 4.58. The maximum Gasteiger partial charge on any atom is 0.262 e. The maximum absolute atomic E-state index is 13.6. The van der Waals surface area contributed by atoms with Crippen molar-refractivity contribution in [3.05, 3.63) is 89.3 Å². The Kier molecular flexibility index (Phi) is 4.50. The Labute approximate surface area is 175 Å². The van der Waals surface area contributed by atoms with E-state index in [9.17, 15) is 4.79 Å². The number of nitrogens with zero attached hydrogens (tertiary/aromatic N) is 3. The summed E-state index contributed by atoms with van der Waals surface area (Å²) in [5, 5.41) is 2.06. The average molecular weight is 419 g/mol. The zero-order valence-electron chi connectivity index (χ0n) is 15.2. The van der Waals surface area contributed by atoms with Crippen molar-refractivity contribution in [1.29, 1.82) is 0 Å². The molecule has 3 heterocycles. The number of hydrogen-bond donors (Lipinski definition) is 1. The lowest BCUT2D eigenvalue weighted by Gasteiger charge is -2.19. The van der Waals surface area contributed by atoms with Crippen LogP contribution in [0.5, 0.6) is 0 Å². The Morgan fingerprint density at radius 2 is 2.00 bits per heavy atom. The van der Waals surface area contributed by atoms with Crippen molar-refractivity contribution in [2.24, 2.45) is 0 Å². The molecule has 5 nitrogen and oxygen atoms in total. The Bertz CT molecular complexity index is 1330. The first-order valence-corrected chi connectivity index (χ1v) is 10.2. The van der Waals surface area contributed by atoms with Gasteiger partial charge in [-0.05, 0) is 29.8 Å². The van der Waals surface area contributed by atoms with Crippen LogP contribution in [0.1, 0.15) is 15.9 Å². The van der Waals surface area contributed by atoms with Crippen LogP contribution in [0.15, 0.2) is 73.2 Å². The molecule has 0 aliphatic rings. The van der Waals surface area contributed by atoms with Gasteiger partial charge in [0.25, 0.3) is 5.91 Å². The van der Waals surface area contributed by atoms with E-state index >= 15 is 0 Å². The molecule has 0 radical (unpaired) electrons. The van der Waals surface area contributed by atoms with Crippen molar-refractivity contribution in [2.45, 2.75) is 6.54 Å². The largest absolute Gasteiger partial charge is 0.360 e. The minimum absolute atomic E-state index is 0.124. The minimum Gasteiger partial charge on any atom is -0.360 e. The van der Waals surface area contributed by atoms with Gasteiger partial charge in [0.2, 0.25) is 0 Å². The predicted octanol–water partition coefficient (Wildman–Crippen LogP) is 5.67. The first-order chi connectivity index (χ1) is 14.2. The third-order valence-electron chi connectivity index (χ3n) is 4.72. The van der Waals surface area contributed by atoms with Gasteiger partial charge in [-0.3, -0.25) is 14.7 Å². The average Bonchev–Trinajstić information content (AvgIpc) is 3.37. The van der Waals surface area contributed by atoms with Crippen LogP contribution in [0.25, 0.3) is 21.1 Å². The summed E-state index contributed by atoms with van der Waals surface area (Å²) in [4.78, 5) is 27.3. The Morgan fingerprint density at radius 1 is 1.10 bits per heavy atom. The number of hydrogen-bond acceptors (Lipinski definition) is 4. The third kappa shape index (κ3) is 3.26. The molecular formula is C22H15ClN4OS. The molecule has 3 aromatic heterocycles. The van der Waals surface area contributed by atoms with Crippen molar-refractivity contribution in [3.63, 3.8) is 0 Å². The summed E-state index contributed by atoms with van der Waals surface area (Å²) in [5.41, 5.74) is 3.16. The summed E-state index contributed by atoms with van der Waals surface area (Å²) in [5.74, 6) is -0.124. The molecule has 5 rings (SSSR count). The van der Waals surface area contributed by atoms with Gasteiger partial charge in [-0.25, -0.2) is 4.98 Å². The monoisotopic (exact) mass is 418 g/mol. The number of fused-ring (bicyclic) bond motifs is 2. The van der Waals surface area contributed by atoms with Gasteiger partial charge in [-0.1, -0.05) is 53.3 Å². The van der Waals surface area contributed by atoms with Crippen LogP contribution in [0, 0.1) is 0 Å². The molecule has 142 valence electrons. The number of aromatic amines is 1. The van der Waals surface area contributed by atoms with E-state index in [4.69, 9.17) is 11.6 Å². The molecule has 0 fully saturated rings. The molecule has 0 saturated heterocycles. The Hall–Kier alpha value is -3.22. The van der Waals surface area contributed by atoms with E-state index < -0.39 is 0 Å². The smallest absolute Gasteiger partial charge is 0.262 e. The molecule has 0 aliphatic heterocycles. The number of carbonyl (C=O) groups excluding carboxylic acids is 1. The van der Waals surface area contributed by atoms with Gasteiger partial charge >= 0.3 is 0 Å². The van der Waals surface area contributed by atoms with E-state index in [1.54, 1.807) is 29.6 Å². The number of halogens is 1. The fraction of sp³-hybridized carbons (Fsp3) is 0.0455. The quantitative estimate of drug-likeness (QED) is 0.408. The summed E-state index contributed by atoms with van der Waals surface area (Å²) in [6.45, 7) is 0.365. The number of benzene rings is 2. The number of pyridine rings is 1. The fourth-order valence-electron chi connectivity index (χ4n) is 3.31. The zero-order chi connectivity index (χ0) is 19.8. The van der Waals surface area contributed by atoms with Crippen LogP contribution in [0.3, 0.4) is 0 Å². The number of nitrogens with one attached hydrogen (secondary N) is 1. The van der Waals surface area contributed by atoms with Crippen molar-refractivity contribution in [1.82, 2.24) is 15.0 Å². The van der Waals surface area contributed by atoms with Crippen LogP contribution in [0.2, 0.25) is 5.02 Å². The topological polar surface area (TPSA) is 61.9 Å². The molecule has 29 heavy (non-hydrogen) atoms. The van der Waals surface area contributed by atoms with Gasteiger partial charge in [-0.2, -0.15) is 0 Å². The van der Waals surface area contributed by atoms with Crippen molar-refractivity contribution in [2.75, 3.05) is 4.90 Å². The van der Waals surface area contributed by atoms with E-state index in [1.165, 1.54) is 11.3 Å². The summed E-state index contributed by atoms with van der Waals surface area (Å²) in [7, 11) is 0. The van der Waals surface area contributed by atoms with E-state index in [0.717, 1.165) is 21.2 Å². The minimum atomic E-state index is -0.124. The molecule has 1 amide bonds. The van der Waals surface area contributed by atoms with E-state index in [0.29, 0.717) is 27.8 Å². The highest BCUT2D eigenvalue weighted by molar-refractivity contribution is 7.22. The van der Waals surface area contributed by atoms with E-state index in [1.807, 2.05) is 48.5 Å². The van der Waals surface area contributed by atoms with Gasteiger partial charge < -0.3 is 4.98 Å². The maximum atomic E-state index is 13.6. The number of amides is 1. The van der Waals surface area contributed by atoms with Crippen molar-refractivity contribution >= 4 is 55.1 Å². The molecule has 0 saturated carbocycles. The normalized spacial score (nSPS) is 11.2. The first-order valence-electron chi connectivity index (χ1n) is 9.02. The van der Waals surface area contributed by atoms with Gasteiger partial charge in [0, 0.05) is 29.5 Å². The highest BCUT2D eigenvalue weighted by Crippen LogP contribution is 2.34. The van der Waals surface area contributed by atoms with Gasteiger partial charge in [0.15, 0.2) is 5.13 Å². The molecule has 0 unspecified atom stereocenters. The highest BCUT2D eigenvalue weighted by atomic mass is 35.5. The SMILES string of the molecule is O=C(c1c[nH]c2ccccc12)N(Cc1cccnc1)c1nc2c(Cl)cccc2s1. The number of aromatic nitrogens is 3. The van der Waals surface area contributed by atoms with E-state index in [-0.39, 0.29) is 5.91 Å². The van der Waals surface area contributed by atoms with Crippen LogP contribution in [-0.2, 0) is 6.54 Å². The molecule has 5 aromatic rings. The number of thiazole rings is 1. The number of para-hydroxylation sites is 2. The summed E-state index contributed by atoms with van der Waals surface area (Å²) < 4.78 is 0.940. The highest BCUT2D eigenvalue weighted by Gasteiger charge is 2.24. The van der Waals surface area contributed by atoms with Gasteiger partial charge in [-0.15, -0.1) is 0 Å². The van der Waals surface area contributed by atoms with Gasteiger partial charge in [0.05, 0.1) is 21.8 Å². The molecular weight excluding hydrogens is 404 g/mol. The summed E-state index contributed by atoms with van der Waals surface area (Å²) in [6.07, 6.45) is 5.23. The van der Waals surface area contributed by atoms with Crippen LogP contribution >= 0.6 is 22.9 Å². The predicted molar refractivity (Wildman–Crippen MR) is 118 cm³/mol. The molecule has 7 heteroatoms. The summed E-state index contributed by atoms with van der Waals surface area (Å²) in [6, 6.07) is 17.2.